The Balaban J connectivity index is 3.23. The van der Waals surface area contributed by atoms with Crippen molar-refractivity contribution in [1.82, 2.24) is 0 Å². The molecule has 0 aromatic heterocycles. The topological polar surface area (TPSA) is 38.4 Å². The van der Waals surface area contributed by atoms with E-state index in [0.29, 0.717) is 0 Å². The van der Waals surface area contributed by atoms with Gasteiger partial charge in [-0.15, -0.1) is 0 Å². The molecule has 0 aromatic rings. The van der Waals surface area contributed by atoms with Crippen LogP contribution in [0.2, 0.25) is 0 Å². The Morgan fingerprint density at radius 2 is 1.64 bits per heavy atom. The summed E-state index contributed by atoms with van der Waals surface area (Å²) >= 11 is 0. The van der Waals surface area contributed by atoms with Crippen molar-refractivity contribution in [3.63, 3.8) is 0 Å². The van der Waals surface area contributed by atoms with Crippen molar-refractivity contribution in [2.45, 2.75) is 40.5 Å². The summed E-state index contributed by atoms with van der Waals surface area (Å²) in [7, 11) is 1.80. The lowest BCUT2D eigenvalue weighted by atomic mass is 9.66. The molecular weight excluding hydrogens is 172 g/mol. The van der Waals surface area contributed by atoms with Gasteiger partial charge in [0.25, 0.3) is 0 Å². The molecule has 1 aliphatic carbocycles. The first-order chi connectivity index (χ1) is 6.31. The largest absolute Gasteiger partial charge is 0.401 e. The van der Waals surface area contributed by atoms with E-state index in [-0.39, 0.29) is 10.8 Å². The lowest BCUT2D eigenvalue weighted by Crippen LogP contribution is -2.35. The number of nitrogens with zero attached hydrogens (tertiary/aromatic N) is 1. The summed E-state index contributed by atoms with van der Waals surface area (Å²) < 4.78 is 0. The smallest absolute Gasteiger partial charge is 0.0277 e. The fraction of sp³-hybridized carbons (Fsp3) is 0.750. The first-order valence-corrected chi connectivity index (χ1v) is 5.24. The van der Waals surface area contributed by atoms with Crippen molar-refractivity contribution in [3.8, 4) is 0 Å². The fourth-order valence-corrected chi connectivity index (χ4v) is 2.00. The molecule has 2 nitrogen and oxygen atoms in total. The highest BCUT2D eigenvalue weighted by atomic mass is 14.7. The van der Waals surface area contributed by atoms with Gasteiger partial charge >= 0.3 is 0 Å². The minimum Gasteiger partial charge on any atom is -0.401 e. The van der Waals surface area contributed by atoms with Crippen molar-refractivity contribution >= 4 is 6.21 Å². The molecule has 0 amide bonds. The Labute approximate surface area is 87.3 Å². The van der Waals surface area contributed by atoms with Crippen LogP contribution in [0, 0.1) is 10.8 Å². The standard InChI is InChI=1S/C12H22N2/c1-11(2)6-7-12(3,4)10(13)9(11)8-14-5/h8H,6-7,13H2,1-5H3. The minimum atomic E-state index is 0.131. The van der Waals surface area contributed by atoms with Gasteiger partial charge in [-0.25, -0.2) is 0 Å². The molecule has 0 aliphatic heterocycles. The van der Waals surface area contributed by atoms with Crippen LogP contribution >= 0.6 is 0 Å². The Kier molecular flexibility index (Phi) is 2.75. The van der Waals surface area contributed by atoms with Gasteiger partial charge in [0, 0.05) is 24.4 Å². The molecule has 0 saturated heterocycles. The van der Waals surface area contributed by atoms with Crippen LogP contribution in [0.3, 0.4) is 0 Å². The molecule has 1 rings (SSSR count). The van der Waals surface area contributed by atoms with Gasteiger partial charge in [-0.1, -0.05) is 27.7 Å². The molecule has 0 spiro atoms. The van der Waals surface area contributed by atoms with Gasteiger partial charge in [-0.3, -0.25) is 4.99 Å². The molecule has 2 N–H and O–H groups in total. The molecule has 0 heterocycles. The summed E-state index contributed by atoms with van der Waals surface area (Å²) in [6.45, 7) is 8.90. The van der Waals surface area contributed by atoms with E-state index < -0.39 is 0 Å². The van der Waals surface area contributed by atoms with E-state index >= 15 is 0 Å². The summed E-state index contributed by atoms with van der Waals surface area (Å²) in [6.07, 6.45) is 4.27. The Bertz CT molecular complexity index is 283. The van der Waals surface area contributed by atoms with Gasteiger partial charge in [0.05, 0.1) is 0 Å². The number of nitrogens with two attached hydrogens (primary N) is 1. The summed E-state index contributed by atoms with van der Waals surface area (Å²) in [4.78, 5) is 4.11. The normalized spacial score (nSPS) is 25.8. The van der Waals surface area contributed by atoms with Crippen molar-refractivity contribution in [3.05, 3.63) is 11.3 Å². The van der Waals surface area contributed by atoms with E-state index in [9.17, 15) is 0 Å². The van der Waals surface area contributed by atoms with Crippen LogP contribution in [-0.2, 0) is 0 Å². The Hall–Kier alpha value is -0.790. The number of hydrogen-bond acceptors (Lipinski definition) is 2. The van der Waals surface area contributed by atoms with Crippen LogP contribution in [-0.4, -0.2) is 13.3 Å². The lowest BCUT2D eigenvalue weighted by Gasteiger charge is -2.40. The molecule has 0 fully saturated rings. The third-order valence-electron chi connectivity index (χ3n) is 3.38. The second-order valence-electron chi connectivity index (χ2n) is 5.48. The zero-order valence-electron chi connectivity index (χ0n) is 10.0. The summed E-state index contributed by atoms with van der Waals surface area (Å²) in [5.74, 6) is 0. The van der Waals surface area contributed by atoms with E-state index in [1.807, 2.05) is 6.21 Å². The molecule has 0 radical (unpaired) electrons. The summed E-state index contributed by atoms with van der Waals surface area (Å²) in [6, 6.07) is 0. The summed E-state index contributed by atoms with van der Waals surface area (Å²) in [5, 5.41) is 0. The van der Waals surface area contributed by atoms with E-state index in [1.54, 1.807) is 7.05 Å². The van der Waals surface area contributed by atoms with Gasteiger partial charge in [0.1, 0.15) is 0 Å². The minimum absolute atomic E-state index is 0.131. The average Bonchev–Trinajstić information content (AvgIpc) is 2.08. The van der Waals surface area contributed by atoms with Crippen LogP contribution in [0.5, 0.6) is 0 Å². The second kappa shape index (κ2) is 3.41. The molecular formula is C12H22N2. The highest BCUT2D eigenvalue weighted by Gasteiger charge is 2.37. The van der Waals surface area contributed by atoms with E-state index in [1.165, 1.54) is 12.0 Å². The van der Waals surface area contributed by atoms with Crippen LogP contribution in [0.15, 0.2) is 16.3 Å². The number of rotatable bonds is 1. The maximum absolute atomic E-state index is 6.21. The maximum Gasteiger partial charge on any atom is 0.0277 e. The molecule has 1 aliphatic rings. The molecule has 0 unspecified atom stereocenters. The van der Waals surface area contributed by atoms with E-state index in [0.717, 1.165) is 12.1 Å². The molecule has 0 aromatic carbocycles. The monoisotopic (exact) mass is 194 g/mol. The van der Waals surface area contributed by atoms with Crippen LogP contribution in [0.1, 0.15) is 40.5 Å². The fourth-order valence-electron chi connectivity index (χ4n) is 2.00. The first-order valence-electron chi connectivity index (χ1n) is 5.24. The maximum atomic E-state index is 6.21. The number of aliphatic imine (C=N–C) groups is 1. The third-order valence-corrected chi connectivity index (χ3v) is 3.38. The van der Waals surface area contributed by atoms with Crippen molar-refractivity contribution in [1.29, 1.82) is 0 Å². The van der Waals surface area contributed by atoms with Crippen LogP contribution in [0.4, 0.5) is 0 Å². The molecule has 80 valence electrons. The number of hydrogen-bond donors (Lipinski definition) is 1. The zero-order chi connectivity index (χ0) is 11.0. The Morgan fingerprint density at radius 1 is 1.14 bits per heavy atom. The van der Waals surface area contributed by atoms with E-state index in [2.05, 4.69) is 32.7 Å². The lowest BCUT2D eigenvalue weighted by molar-refractivity contribution is 0.269. The Morgan fingerprint density at radius 3 is 2.14 bits per heavy atom. The van der Waals surface area contributed by atoms with Gasteiger partial charge in [-0.2, -0.15) is 0 Å². The van der Waals surface area contributed by atoms with Gasteiger partial charge < -0.3 is 5.73 Å². The molecule has 0 atom stereocenters. The predicted molar refractivity (Wildman–Crippen MR) is 62.4 cm³/mol. The predicted octanol–water partition coefficient (Wildman–Crippen LogP) is 2.75. The van der Waals surface area contributed by atoms with Crippen molar-refractivity contribution < 1.29 is 0 Å². The van der Waals surface area contributed by atoms with E-state index in [4.69, 9.17) is 5.73 Å². The SMILES string of the molecule is CN=CC1=C(N)C(C)(C)CCC1(C)C. The van der Waals surface area contributed by atoms with Crippen LogP contribution in [0.25, 0.3) is 0 Å². The average molecular weight is 194 g/mol. The third kappa shape index (κ3) is 1.84. The summed E-state index contributed by atoms with van der Waals surface area (Å²) in [5.41, 5.74) is 8.75. The van der Waals surface area contributed by atoms with Crippen molar-refractivity contribution in [2.75, 3.05) is 7.05 Å². The highest BCUT2D eigenvalue weighted by molar-refractivity contribution is 5.81. The van der Waals surface area contributed by atoms with Gasteiger partial charge in [0.2, 0.25) is 0 Å². The zero-order valence-corrected chi connectivity index (χ0v) is 10.0. The molecule has 2 heteroatoms. The van der Waals surface area contributed by atoms with Gasteiger partial charge in [0.15, 0.2) is 0 Å². The molecule has 0 saturated carbocycles. The molecule has 14 heavy (non-hydrogen) atoms. The van der Waals surface area contributed by atoms with Crippen LogP contribution < -0.4 is 5.73 Å². The van der Waals surface area contributed by atoms with Crippen molar-refractivity contribution in [2.24, 2.45) is 21.6 Å². The highest BCUT2D eigenvalue weighted by Crippen LogP contribution is 2.45. The number of allylic oxidation sites excluding steroid dienone is 2. The molecule has 0 bridgehead atoms. The second-order valence-corrected chi connectivity index (χ2v) is 5.48. The van der Waals surface area contributed by atoms with Gasteiger partial charge in [-0.05, 0) is 23.8 Å². The quantitative estimate of drug-likeness (QED) is 0.640. The first kappa shape index (κ1) is 11.3.